The molecule has 0 aliphatic carbocycles. The van der Waals surface area contributed by atoms with E-state index in [-0.39, 0.29) is 11.7 Å². The molecule has 1 heterocycles. The van der Waals surface area contributed by atoms with E-state index in [0.717, 1.165) is 0 Å². The highest BCUT2D eigenvalue weighted by Crippen LogP contribution is 2.27. The van der Waals surface area contributed by atoms with Crippen molar-refractivity contribution in [1.29, 1.82) is 0 Å². The van der Waals surface area contributed by atoms with E-state index in [2.05, 4.69) is 10.3 Å². The topological polar surface area (TPSA) is 64.1 Å². The molecule has 3 aromatic rings. The molecule has 0 radical (unpaired) electrons. The second kappa shape index (κ2) is 4.44. The summed E-state index contributed by atoms with van der Waals surface area (Å²) in [6.45, 7) is 0. The monoisotopic (exact) mass is 277 g/mol. The summed E-state index contributed by atoms with van der Waals surface area (Å²) in [6.07, 6.45) is 0. The molecule has 0 aliphatic heterocycles. The molecular weight excluding hydrogens is 269 g/mol. The fourth-order valence-corrected chi connectivity index (χ4v) is 1.90. The third kappa shape index (κ3) is 2.20. The summed E-state index contributed by atoms with van der Waals surface area (Å²) in [5.41, 5.74) is 7.53. The number of benzene rings is 2. The summed E-state index contributed by atoms with van der Waals surface area (Å²) in [5.74, 6) is -0.445. The molecule has 0 fully saturated rings. The standard InChI is InChI=1S/C13H9ClFN3O/c14-7-4-5-8(15)10(6-7)17-13-18-12-9(16)2-1-3-11(12)19-13/h1-6H,16H2,(H,17,18). The minimum Gasteiger partial charge on any atom is -0.423 e. The number of halogens is 2. The maximum Gasteiger partial charge on any atom is 0.300 e. The van der Waals surface area contributed by atoms with E-state index in [1.165, 1.54) is 18.2 Å². The van der Waals surface area contributed by atoms with Crippen LogP contribution < -0.4 is 11.1 Å². The van der Waals surface area contributed by atoms with Crippen molar-refractivity contribution in [1.82, 2.24) is 4.98 Å². The zero-order valence-corrected chi connectivity index (χ0v) is 10.4. The van der Waals surface area contributed by atoms with Gasteiger partial charge >= 0.3 is 0 Å². The van der Waals surface area contributed by atoms with Gasteiger partial charge in [0.1, 0.15) is 11.3 Å². The van der Waals surface area contributed by atoms with Gasteiger partial charge in [0.15, 0.2) is 5.58 Å². The number of nitrogens with two attached hydrogens (primary N) is 1. The number of oxazole rings is 1. The van der Waals surface area contributed by atoms with Crippen molar-refractivity contribution >= 4 is 40.1 Å². The predicted octanol–water partition coefficient (Wildman–Crippen LogP) is 3.95. The van der Waals surface area contributed by atoms with Gasteiger partial charge in [0, 0.05) is 5.02 Å². The van der Waals surface area contributed by atoms with Gasteiger partial charge in [-0.05, 0) is 30.3 Å². The van der Waals surface area contributed by atoms with Gasteiger partial charge in [-0.1, -0.05) is 17.7 Å². The van der Waals surface area contributed by atoms with Crippen LogP contribution in [0.4, 0.5) is 21.8 Å². The number of hydrogen-bond acceptors (Lipinski definition) is 4. The molecule has 0 amide bonds. The molecule has 0 spiro atoms. The molecule has 6 heteroatoms. The average Bonchev–Trinajstić information content (AvgIpc) is 2.78. The van der Waals surface area contributed by atoms with Crippen LogP contribution >= 0.6 is 11.6 Å². The Morgan fingerprint density at radius 3 is 2.89 bits per heavy atom. The maximum absolute atomic E-state index is 13.6. The first-order valence-corrected chi connectivity index (χ1v) is 5.88. The summed E-state index contributed by atoms with van der Waals surface area (Å²) in [5, 5.41) is 3.15. The van der Waals surface area contributed by atoms with Crippen molar-refractivity contribution in [2.24, 2.45) is 0 Å². The summed E-state index contributed by atoms with van der Waals surface area (Å²) >= 11 is 5.81. The molecule has 4 nitrogen and oxygen atoms in total. The van der Waals surface area contributed by atoms with Crippen LogP contribution in [0.25, 0.3) is 11.1 Å². The number of aromatic nitrogens is 1. The summed E-state index contributed by atoms with van der Waals surface area (Å²) in [7, 11) is 0. The lowest BCUT2D eigenvalue weighted by Crippen LogP contribution is -1.93. The average molecular weight is 278 g/mol. The summed E-state index contributed by atoms with van der Waals surface area (Å²) in [6, 6.07) is 9.55. The van der Waals surface area contributed by atoms with Crippen LogP contribution in [0.15, 0.2) is 40.8 Å². The smallest absolute Gasteiger partial charge is 0.300 e. The van der Waals surface area contributed by atoms with Crippen molar-refractivity contribution in [3.63, 3.8) is 0 Å². The Bertz CT molecular complexity index is 757. The van der Waals surface area contributed by atoms with Gasteiger partial charge in [-0.15, -0.1) is 0 Å². The zero-order valence-electron chi connectivity index (χ0n) is 9.65. The van der Waals surface area contributed by atoms with E-state index in [1.807, 2.05) is 0 Å². The minimum absolute atomic E-state index is 0.161. The van der Waals surface area contributed by atoms with E-state index in [0.29, 0.717) is 21.8 Å². The molecule has 0 atom stereocenters. The Morgan fingerprint density at radius 1 is 1.26 bits per heavy atom. The van der Waals surface area contributed by atoms with Gasteiger partial charge in [-0.3, -0.25) is 0 Å². The fourth-order valence-electron chi connectivity index (χ4n) is 1.73. The predicted molar refractivity (Wildman–Crippen MR) is 73.1 cm³/mol. The van der Waals surface area contributed by atoms with Crippen LogP contribution in [0.2, 0.25) is 5.02 Å². The second-order valence-electron chi connectivity index (χ2n) is 3.96. The van der Waals surface area contributed by atoms with Gasteiger partial charge in [0.25, 0.3) is 6.01 Å². The molecular formula is C13H9ClFN3O. The molecule has 2 aromatic carbocycles. The lowest BCUT2D eigenvalue weighted by Gasteiger charge is -2.03. The van der Waals surface area contributed by atoms with Crippen molar-refractivity contribution in [2.45, 2.75) is 0 Å². The molecule has 1 aromatic heterocycles. The van der Waals surface area contributed by atoms with Crippen LogP contribution in [-0.2, 0) is 0 Å². The minimum atomic E-state index is -0.445. The lowest BCUT2D eigenvalue weighted by atomic mass is 10.3. The number of fused-ring (bicyclic) bond motifs is 1. The Morgan fingerprint density at radius 2 is 2.11 bits per heavy atom. The molecule has 0 unspecified atom stereocenters. The normalized spacial score (nSPS) is 10.8. The molecule has 0 saturated heterocycles. The molecule has 0 bridgehead atoms. The Labute approximate surface area is 113 Å². The van der Waals surface area contributed by atoms with Crippen molar-refractivity contribution in [3.05, 3.63) is 47.2 Å². The first-order valence-electron chi connectivity index (χ1n) is 5.50. The van der Waals surface area contributed by atoms with Gasteiger partial charge in [0.2, 0.25) is 0 Å². The first-order chi connectivity index (χ1) is 9.13. The molecule has 19 heavy (non-hydrogen) atoms. The Hall–Kier alpha value is -2.27. The highest BCUT2D eigenvalue weighted by molar-refractivity contribution is 6.30. The zero-order chi connectivity index (χ0) is 13.4. The number of para-hydroxylation sites is 1. The SMILES string of the molecule is Nc1cccc2oc(Nc3cc(Cl)ccc3F)nc12. The van der Waals surface area contributed by atoms with Crippen molar-refractivity contribution < 1.29 is 8.81 Å². The van der Waals surface area contributed by atoms with E-state index in [9.17, 15) is 4.39 Å². The van der Waals surface area contributed by atoms with Gasteiger partial charge in [-0.2, -0.15) is 4.98 Å². The number of anilines is 3. The number of nitrogens with zero attached hydrogens (tertiary/aromatic N) is 1. The van der Waals surface area contributed by atoms with Crippen molar-refractivity contribution in [2.75, 3.05) is 11.1 Å². The molecule has 0 aliphatic rings. The van der Waals surface area contributed by atoms with E-state index in [1.54, 1.807) is 18.2 Å². The number of hydrogen-bond donors (Lipinski definition) is 2. The number of rotatable bonds is 2. The highest BCUT2D eigenvalue weighted by Gasteiger charge is 2.10. The van der Waals surface area contributed by atoms with Crippen LogP contribution in [0, 0.1) is 5.82 Å². The molecule has 0 saturated carbocycles. The van der Waals surface area contributed by atoms with Crippen LogP contribution in [0.5, 0.6) is 0 Å². The van der Waals surface area contributed by atoms with Crippen molar-refractivity contribution in [3.8, 4) is 0 Å². The van der Waals surface area contributed by atoms with Gasteiger partial charge in [-0.25, -0.2) is 4.39 Å². The lowest BCUT2D eigenvalue weighted by molar-refractivity contribution is 0.611. The molecule has 96 valence electrons. The van der Waals surface area contributed by atoms with Crippen LogP contribution in [-0.4, -0.2) is 4.98 Å². The maximum atomic E-state index is 13.6. The van der Waals surface area contributed by atoms with Gasteiger partial charge < -0.3 is 15.5 Å². The summed E-state index contributed by atoms with van der Waals surface area (Å²) < 4.78 is 19.0. The fraction of sp³-hybridized carbons (Fsp3) is 0. The largest absolute Gasteiger partial charge is 0.423 e. The number of nitrogens with one attached hydrogen (secondary N) is 1. The van der Waals surface area contributed by atoms with E-state index in [4.69, 9.17) is 21.8 Å². The van der Waals surface area contributed by atoms with Gasteiger partial charge in [0.05, 0.1) is 11.4 Å². The molecule has 3 rings (SSSR count). The Kier molecular flexibility index (Phi) is 2.76. The second-order valence-corrected chi connectivity index (χ2v) is 4.40. The Balaban J connectivity index is 2.01. The van der Waals surface area contributed by atoms with Crippen LogP contribution in [0.3, 0.4) is 0 Å². The van der Waals surface area contributed by atoms with E-state index < -0.39 is 5.82 Å². The molecule has 3 N–H and O–H groups in total. The number of nitrogen functional groups attached to an aromatic ring is 1. The van der Waals surface area contributed by atoms with E-state index >= 15 is 0 Å². The quantitative estimate of drug-likeness (QED) is 0.696. The highest BCUT2D eigenvalue weighted by atomic mass is 35.5. The summed E-state index contributed by atoms with van der Waals surface area (Å²) in [4.78, 5) is 4.17. The first kappa shape index (κ1) is 11.8. The third-order valence-electron chi connectivity index (χ3n) is 2.62. The third-order valence-corrected chi connectivity index (χ3v) is 2.86. The van der Waals surface area contributed by atoms with Crippen LogP contribution in [0.1, 0.15) is 0 Å².